The molecule has 0 aromatic carbocycles. The van der Waals surface area contributed by atoms with Crippen LogP contribution in [0.3, 0.4) is 0 Å². The van der Waals surface area contributed by atoms with Gasteiger partial charge in [0.15, 0.2) is 5.82 Å². The Balaban J connectivity index is 1.96. The maximum atomic E-state index is 11.3. The summed E-state index contributed by atoms with van der Waals surface area (Å²) in [4.78, 5) is 27.4. The van der Waals surface area contributed by atoms with Crippen molar-refractivity contribution in [1.29, 1.82) is 5.41 Å². The van der Waals surface area contributed by atoms with Gasteiger partial charge >= 0.3 is 5.97 Å². The normalized spacial score (nSPS) is 14.5. The average molecular weight is 412 g/mol. The molecule has 9 nitrogen and oxygen atoms in total. The van der Waals surface area contributed by atoms with Crippen LogP contribution in [0.15, 0.2) is 18.5 Å². The lowest BCUT2D eigenvalue weighted by Crippen LogP contribution is -2.37. The largest absolute Gasteiger partial charge is 0.481 e. The summed E-state index contributed by atoms with van der Waals surface area (Å²) in [6.07, 6.45) is 7.51. The van der Waals surface area contributed by atoms with E-state index in [0.717, 1.165) is 29.9 Å². The Morgan fingerprint density at radius 2 is 2.13 bits per heavy atom. The van der Waals surface area contributed by atoms with Crippen molar-refractivity contribution in [2.45, 2.75) is 25.7 Å². The Kier molecular flexibility index (Phi) is 7.29. The van der Waals surface area contributed by atoms with E-state index in [0.29, 0.717) is 49.6 Å². The molecule has 0 atom stereocenters. The van der Waals surface area contributed by atoms with E-state index < -0.39 is 5.97 Å². The van der Waals surface area contributed by atoms with E-state index in [1.165, 1.54) is 6.21 Å². The van der Waals surface area contributed by atoms with Crippen molar-refractivity contribution in [3.05, 3.63) is 29.7 Å². The first-order valence-corrected chi connectivity index (χ1v) is 10.1. The summed E-state index contributed by atoms with van der Waals surface area (Å²) in [5.74, 6) is 0.311. The van der Waals surface area contributed by atoms with Gasteiger partial charge in [-0.2, -0.15) is 0 Å². The van der Waals surface area contributed by atoms with Crippen LogP contribution >= 0.6 is 0 Å². The number of aromatic nitrogens is 3. The fourth-order valence-electron chi connectivity index (χ4n) is 3.63. The first-order chi connectivity index (χ1) is 14.6. The number of carboxylic acids is 1. The molecule has 0 radical (unpaired) electrons. The molecule has 3 rings (SSSR count). The van der Waals surface area contributed by atoms with Crippen LogP contribution in [0, 0.1) is 11.3 Å². The Morgan fingerprint density at radius 1 is 1.37 bits per heavy atom. The van der Waals surface area contributed by atoms with Gasteiger partial charge in [0.25, 0.3) is 0 Å². The predicted octanol–water partition coefficient (Wildman–Crippen LogP) is 2.46. The number of carbonyl (C=O) groups is 1. The molecule has 0 bridgehead atoms. The Labute approximate surface area is 176 Å². The number of methoxy groups -OCH3 is 1. The lowest BCUT2D eigenvalue weighted by atomic mass is 9.97. The van der Waals surface area contributed by atoms with Crippen molar-refractivity contribution in [1.82, 2.24) is 15.0 Å². The molecule has 1 aliphatic rings. The fraction of sp³-hybridized carbons (Fsp3) is 0.476. The number of piperidine rings is 1. The number of ether oxygens (including phenoxy) is 1. The van der Waals surface area contributed by atoms with E-state index in [2.05, 4.69) is 15.2 Å². The van der Waals surface area contributed by atoms with Crippen LogP contribution in [0.5, 0.6) is 0 Å². The van der Waals surface area contributed by atoms with E-state index in [-0.39, 0.29) is 5.92 Å². The van der Waals surface area contributed by atoms with Gasteiger partial charge in [0.05, 0.1) is 11.6 Å². The van der Waals surface area contributed by atoms with Crippen LogP contribution in [0.4, 0.5) is 11.6 Å². The van der Waals surface area contributed by atoms with Gasteiger partial charge in [-0.3, -0.25) is 9.78 Å². The van der Waals surface area contributed by atoms with Crippen LogP contribution in [-0.2, 0) is 16.0 Å². The van der Waals surface area contributed by atoms with Crippen molar-refractivity contribution in [2.75, 3.05) is 44.1 Å². The maximum absolute atomic E-state index is 11.3. The molecular formula is C21H28N6O3. The molecule has 0 amide bonds. The lowest BCUT2D eigenvalue weighted by molar-refractivity contribution is -0.142. The van der Waals surface area contributed by atoms with Gasteiger partial charge < -0.3 is 25.5 Å². The molecule has 0 saturated carbocycles. The quantitative estimate of drug-likeness (QED) is 0.424. The second-order valence-electron chi connectivity index (χ2n) is 7.29. The number of hydrogen-bond donors (Lipinski definition) is 3. The third kappa shape index (κ3) is 4.91. The molecule has 30 heavy (non-hydrogen) atoms. The number of anilines is 2. The Hall–Kier alpha value is -3.07. The first-order valence-electron chi connectivity index (χ1n) is 10.1. The van der Waals surface area contributed by atoms with Gasteiger partial charge in [-0.05, 0) is 31.7 Å². The van der Waals surface area contributed by atoms with E-state index in [9.17, 15) is 9.90 Å². The highest BCUT2D eigenvalue weighted by molar-refractivity contribution is 5.87. The minimum Gasteiger partial charge on any atom is -0.481 e. The number of aliphatic carboxylic acids is 1. The number of aryl methyl sites for hydroxylation is 1. The summed E-state index contributed by atoms with van der Waals surface area (Å²) in [5, 5.41) is 20.0. The zero-order valence-electron chi connectivity index (χ0n) is 17.4. The van der Waals surface area contributed by atoms with E-state index in [1.807, 2.05) is 6.07 Å². The summed E-state index contributed by atoms with van der Waals surface area (Å²) in [5.41, 5.74) is 3.01. The molecule has 2 aromatic heterocycles. The topological polar surface area (TPSA) is 124 Å². The highest BCUT2D eigenvalue weighted by atomic mass is 16.5. The minimum absolute atomic E-state index is 0.316. The highest BCUT2D eigenvalue weighted by Gasteiger charge is 2.27. The molecule has 160 valence electrons. The van der Waals surface area contributed by atoms with E-state index in [4.69, 9.17) is 20.1 Å². The summed E-state index contributed by atoms with van der Waals surface area (Å²) in [6, 6.07) is 1.87. The molecule has 0 aliphatic carbocycles. The molecular weight excluding hydrogens is 384 g/mol. The number of pyridine rings is 1. The smallest absolute Gasteiger partial charge is 0.306 e. The minimum atomic E-state index is -0.739. The first kappa shape index (κ1) is 21.6. The monoisotopic (exact) mass is 412 g/mol. The standard InChI is InChI=1S/C21H28N6O3/c1-23-19-15(11-22)10-16(12-25-19)18-20(26-17(13-24-18)4-3-9-30-2)27-7-5-14(6-8-27)21(28)29/h10-14,22H,3-9H2,1-2H3,(H,23,25)(H,28,29). The highest BCUT2D eigenvalue weighted by Crippen LogP contribution is 2.31. The molecule has 0 spiro atoms. The Bertz CT molecular complexity index is 896. The summed E-state index contributed by atoms with van der Waals surface area (Å²) >= 11 is 0. The molecule has 1 fully saturated rings. The third-order valence-electron chi connectivity index (χ3n) is 5.31. The van der Waals surface area contributed by atoms with Gasteiger partial charge in [0.1, 0.15) is 11.5 Å². The third-order valence-corrected chi connectivity index (χ3v) is 5.31. The molecule has 1 saturated heterocycles. The van der Waals surface area contributed by atoms with E-state index in [1.54, 1.807) is 26.6 Å². The molecule has 2 aromatic rings. The number of carboxylic acid groups (broad SMARTS) is 1. The average Bonchev–Trinajstić information content (AvgIpc) is 2.78. The van der Waals surface area contributed by atoms with Crippen LogP contribution in [0.25, 0.3) is 11.3 Å². The van der Waals surface area contributed by atoms with Crippen molar-refractivity contribution >= 4 is 23.8 Å². The summed E-state index contributed by atoms with van der Waals surface area (Å²) in [7, 11) is 3.44. The van der Waals surface area contributed by atoms with Gasteiger partial charge in [0.2, 0.25) is 0 Å². The van der Waals surface area contributed by atoms with E-state index >= 15 is 0 Å². The number of nitrogens with one attached hydrogen (secondary N) is 2. The van der Waals surface area contributed by atoms with Crippen LogP contribution < -0.4 is 10.2 Å². The van der Waals surface area contributed by atoms with Crippen molar-refractivity contribution in [3.63, 3.8) is 0 Å². The van der Waals surface area contributed by atoms with Gasteiger partial charge in [-0.15, -0.1) is 0 Å². The summed E-state index contributed by atoms with van der Waals surface area (Å²) in [6.45, 7) is 1.88. The Morgan fingerprint density at radius 3 is 2.77 bits per heavy atom. The predicted molar refractivity (Wildman–Crippen MR) is 115 cm³/mol. The molecule has 1 aliphatic heterocycles. The van der Waals surface area contributed by atoms with Gasteiger partial charge in [-0.25, -0.2) is 9.97 Å². The zero-order chi connectivity index (χ0) is 21.5. The molecule has 9 heteroatoms. The molecule has 0 unspecified atom stereocenters. The molecule has 3 heterocycles. The lowest BCUT2D eigenvalue weighted by Gasteiger charge is -2.32. The molecule has 3 N–H and O–H groups in total. The van der Waals surface area contributed by atoms with Gasteiger partial charge in [-0.1, -0.05) is 0 Å². The fourth-order valence-corrected chi connectivity index (χ4v) is 3.63. The van der Waals surface area contributed by atoms with Crippen molar-refractivity contribution < 1.29 is 14.6 Å². The maximum Gasteiger partial charge on any atom is 0.306 e. The number of hydrogen-bond acceptors (Lipinski definition) is 8. The van der Waals surface area contributed by atoms with Crippen LogP contribution in [0.2, 0.25) is 0 Å². The van der Waals surface area contributed by atoms with Crippen molar-refractivity contribution in [2.24, 2.45) is 5.92 Å². The zero-order valence-corrected chi connectivity index (χ0v) is 17.4. The van der Waals surface area contributed by atoms with Crippen LogP contribution in [0.1, 0.15) is 30.5 Å². The summed E-state index contributed by atoms with van der Waals surface area (Å²) < 4.78 is 5.14. The SMILES string of the molecule is CNc1ncc(-c2ncc(CCCOC)nc2N2CCC(C(=O)O)CC2)cc1C=N. The number of nitrogens with zero attached hydrogens (tertiary/aromatic N) is 4. The second-order valence-corrected chi connectivity index (χ2v) is 7.29. The number of rotatable bonds is 9. The van der Waals surface area contributed by atoms with Crippen molar-refractivity contribution in [3.8, 4) is 11.3 Å². The van der Waals surface area contributed by atoms with Crippen LogP contribution in [-0.4, -0.2) is 66.1 Å². The second kappa shape index (κ2) is 10.1. The van der Waals surface area contributed by atoms with Gasteiger partial charge in [0, 0.05) is 63.6 Å².